The standard InChI is InChI=1S/C23H24N2O6/c1-14(2)12-18(25-21(27)15-8-4-5-9-16(15)22(25)28)23(29)31-13-20(26)24-17-10-6-7-11-19(17)30-3/h4-11,14,18H,12-13H2,1-3H3,(H,24,26)/t18-/m0/s1. The number of para-hydroxylation sites is 2. The summed E-state index contributed by atoms with van der Waals surface area (Å²) in [5.41, 5.74) is 0.941. The van der Waals surface area contributed by atoms with Crippen LogP contribution in [0.1, 0.15) is 41.0 Å². The van der Waals surface area contributed by atoms with E-state index in [2.05, 4.69) is 5.32 Å². The minimum Gasteiger partial charge on any atom is -0.495 e. The largest absolute Gasteiger partial charge is 0.495 e. The summed E-state index contributed by atoms with van der Waals surface area (Å²) in [5, 5.41) is 2.61. The van der Waals surface area contributed by atoms with E-state index in [1.807, 2.05) is 13.8 Å². The average Bonchev–Trinajstić information content (AvgIpc) is 3.01. The number of benzene rings is 2. The van der Waals surface area contributed by atoms with Crippen molar-refractivity contribution in [3.63, 3.8) is 0 Å². The van der Waals surface area contributed by atoms with Gasteiger partial charge in [-0.15, -0.1) is 0 Å². The molecule has 1 N–H and O–H groups in total. The minimum atomic E-state index is -1.12. The van der Waals surface area contributed by atoms with Crippen molar-refractivity contribution in [2.24, 2.45) is 5.92 Å². The summed E-state index contributed by atoms with van der Waals surface area (Å²) in [4.78, 5) is 51.6. The van der Waals surface area contributed by atoms with Crippen LogP contribution in [0.5, 0.6) is 5.75 Å². The van der Waals surface area contributed by atoms with Gasteiger partial charge in [0, 0.05) is 0 Å². The van der Waals surface area contributed by atoms with E-state index < -0.39 is 36.3 Å². The van der Waals surface area contributed by atoms with Crippen LogP contribution in [0.4, 0.5) is 5.69 Å². The number of methoxy groups -OCH3 is 1. The Morgan fingerprint density at radius 3 is 2.13 bits per heavy atom. The fourth-order valence-electron chi connectivity index (χ4n) is 3.41. The number of rotatable bonds is 8. The third kappa shape index (κ3) is 4.74. The third-order valence-electron chi connectivity index (χ3n) is 4.83. The topological polar surface area (TPSA) is 102 Å². The number of nitrogens with one attached hydrogen (secondary N) is 1. The van der Waals surface area contributed by atoms with Crippen LogP contribution >= 0.6 is 0 Å². The van der Waals surface area contributed by atoms with E-state index in [4.69, 9.17) is 9.47 Å². The molecule has 1 aliphatic heterocycles. The highest BCUT2D eigenvalue weighted by atomic mass is 16.5. The van der Waals surface area contributed by atoms with E-state index in [9.17, 15) is 19.2 Å². The number of carbonyl (C=O) groups excluding carboxylic acids is 4. The first-order valence-electron chi connectivity index (χ1n) is 9.90. The van der Waals surface area contributed by atoms with Crippen molar-refractivity contribution in [1.82, 2.24) is 4.90 Å². The van der Waals surface area contributed by atoms with Gasteiger partial charge in [0.25, 0.3) is 17.7 Å². The molecule has 0 saturated carbocycles. The van der Waals surface area contributed by atoms with Crippen molar-refractivity contribution in [2.45, 2.75) is 26.3 Å². The van der Waals surface area contributed by atoms with Gasteiger partial charge in [-0.3, -0.25) is 19.3 Å². The molecule has 2 aromatic rings. The summed E-state index contributed by atoms with van der Waals surface area (Å²) in [6.07, 6.45) is 0.221. The number of amides is 3. The van der Waals surface area contributed by atoms with Crippen LogP contribution in [0.25, 0.3) is 0 Å². The van der Waals surface area contributed by atoms with Crippen LogP contribution < -0.4 is 10.1 Å². The first kappa shape index (κ1) is 22.0. The Labute approximate surface area is 180 Å². The van der Waals surface area contributed by atoms with E-state index in [1.165, 1.54) is 7.11 Å². The average molecular weight is 424 g/mol. The molecule has 8 heteroatoms. The van der Waals surface area contributed by atoms with Gasteiger partial charge >= 0.3 is 5.97 Å². The van der Waals surface area contributed by atoms with Gasteiger partial charge in [-0.2, -0.15) is 0 Å². The number of carbonyl (C=O) groups is 4. The molecule has 162 valence electrons. The Morgan fingerprint density at radius 2 is 1.55 bits per heavy atom. The van der Waals surface area contributed by atoms with Crippen LogP contribution in [-0.2, 0) is 14.3 Å². The zero-order chi connectivity index (χ0) is 22.5. The third-order valence-corrected chi connectivity index (χ3v) is 4.83. The van der Waals surface area contributed by atoms with E-state index in [0.717, 1.165) is 4.90 Å². The fourth-order valence-corrected chi connectivity index (χ4v) is 3.41. The Hall–Kier alpha value is -3.68. The Bertz CT molecular complexity index is 982. The van der Waals surface area contributed by atoms with Crippen LogP contribution in [0.15, 0.2) is 48.5 Å². The molecule has 1 atom stereocenters. The number of anilines is 1. The molecule has 0 unspecified atom stereocenters. The van der Waals surface area contributed by atoms with E-state index in [1.54, 1.807) is 48.5 Å². The summed E-state index contributed by atoms with van der Waals surface area (Å²) in [5.74, 6) is -1.99. The molecule has 0 fully saturated rings. The van der Waals surface area contributed by atoms with E-state index in [-0.39, 0.29) is 23.5 Å². The van der Waals surface area contributed by atoms with Gasteiger partial charge in [0.1, 0.15) is 11.8 Å². The molecular formula is C23H24N2O6. The Morgan fingerprint density at radius 1 is 0.968 bits per heavy atom. The van der Waals surface area contributed by atoms with Crippen LogP contribution in [0.3, 0.4) is 0 Å². The molecule has 0 aromatic heterocycles. The van der Waals surface area contributed by atoms with E-state index >= 15 is 0 Å². The van der Waals surface area contributed by atoms with Gasteiger partial charge in [0.2, 0.25) is 0 Å². The maximum absolute atomic E-state index is 12.8. The molecule has 0 aliphatic carbocycles. The summed E-state index contributed by atoms with van der Waals surface area (Å²) in [6.45, 7) is 3.17. The highest BCUT2D eigenvalue weighted by Gasteiger charge is 2.43. The van der Waals surface area contributed by atoms with Gasteiger partial charge in [-0.25, -0.2) is 4.79 Å². The molecule has 31 heavy (non-hydrogen) atoms. The first-order chi connectivity index (χ1) is 14.8. The van der Waals surface area contributed by atoms with Crippen LogP contribution in [0.2, 0.25) is 0 Å². The monoisotopic (exact) mass is 424 g/mol. The molecule has 1 aliphatic rings. The SMILES string of the molecule is COc1ccccc1NC(=O)COC(=O)[C@H](CC(C)C)N1C(=O)c2ccccc2C1=O. The molecule has 8 nitrogen and oxygen atoms in total. The zero-order valence-electron chi connectivity index (χ0n) is 17.6. The predicted octanol–water partition coefficient (Wildman–Crippen LogP) is 2.89. The van der Waals surface area contributed by atoms with E-state index in [0.29, 0.717) is 11.4 Å². The van der Waals surface area contributed by atoms with Crippen LogP contribution in [-0.4, -0.2) is 48.3 Å². The number of esters is 1. The van der Waals surface area contributed by atoms with Crippen LogP contribution in [0, 0.1) is 5.92 Å². The summed E-state index contributed by atoms with van der Waals surface area (Å²) < 4.78 is 10.4. The maximum Gasteiger partial charge on any atom is 0.329 e. The van der Waals surface area contributed by atoms with Crippen molar-refractivity contribution in [3.8, 4) is 5.75 Å². The quantitative estimate of drug-likeness (QED) is 0.516. The molecule has 2 aromatic carbocycles. The summed E-state index contributed by atoms with van der Waals surface area (Å²) >= 11 is 0. The first-order valence-corrected chi connectivity index (χ1v) is 9.90. The second-order valence-electron chi connectivity index (χ2n) is 7.53. The number of hydrogen-bond acceptors (Lipinski definition) is 6. The molecule has 1 heterocycles. The van der Waals surface area contributed by atoms with Gasteiger partial charge in [0.15, 0.2) is 6.61 Å². The molecule has 3 rings (SSSR count). The Balaban J connectivity index is 1.70. The van der Waals surface area contributed by atoms with Crippen molar-refractivity contribution in [3.05, 3.63) is 59.7 Å². The van der Waals surface area contributed by atoms with Crippen molar-refractivity contribution in [1.29, 1.82) is 0 Å². The number of hydrogen-bond donors (Lipinski definition) is 1. The van der Waals surface area contributed by atoms with Crippen molar-refractivity contribution in [2.75, 3.05) is 19.0 Å². The summed E-state index contributed by atoms with van der Waals surface area (Å²) in [6, 6.07) is 12.1. The number of imide groups is 1. The molecule has 0 bridgehead atoms. The highest BCUT2D eigenvalue weighted by molar-refractivity contribution is 6.22. The number of fused-ring (bicyclic) bond motifs is 1. The number of ether oxygens (including phenoxy) is 2. The summed E-state index contributed by atoms with van der Waals surface area (Å²) in [7, 11) is 1.48. The normalized spacial score (nSPS) is 13.7. The molecule has 0 spiro atoms. The van der Waals surface area contributed by atoms with Gasteiger partial charge in [-0.1, -0.05) is 38.1 Å². The van der Waals surface area contributed by atoms with Gasteiger partial charge in [-0.05, 0) is 36.6 Å². The number of nitrogens with zero attached hydrogens (tertiary/aromatic N) is 1. The molecule has 3 amide bonds. The fraction of sp³-hybridized carbons (Fsp3) is 0.304. The maximum atomic E-state index is 12.8. The molecule has 0 saturated heterocycles. The lowest BCUT2D eigenvalue weighted by Crippen LogP contribution is -2.46. The minimum absolute atomic E-state index is 0.00395. The second kappa shape index (κ2) is 9.42. The molecular weight excluding hydrogens is 400 g/mol. The van der Waals surface area contributed by atoms with Crippen molar-refractivity contribution < 1.29 is 28.7 Å². The lowest BCUT2D eigenvalue weighted by atomic mass is 10.0. The van der Waals surface area contributed by atoms with Crippen molar-refractivity contribution >= 4 is 29.4 Å². The van der Waals surface area contributed by atoms with Gasteiger partial charge < -0.3 is 14.8 Å². The highest BCUT2D eigenvalue weighted by Crippen LogP contribution is 2.27. The second-order valence-corrected chi connectivity index (χ2v) is 7.53. The zero-order valence-corrected chi connectivity index (χ0v) is 17.6. The lowest BCUT2D eigenvalue weighted by molar-refractivity contribution is -0.151. The predicted molar refractivity (Wildman–Crippen MR) is 113 cm³/mol. The Kier molecular flexibility index (Phi) is 6.69. The van der Waals surface area contributed by atoms with Gasteiger partial charge in [0.05, 0.1) is 23.9 Å². The lowest BCUT2D eigenvalue weighted by Gasteiger charge is -2.25. The molecule has 0 radical (unpaired) electrons. The smallest absolute Gasteiger partial charge is 0.329 e.